The number of nitrogens with one attached hydrogen (secondary N) is 1. The van der Waals surface area contributed by atoms with Crippen LogP contribution >= 0.6 is 0 Å². The minimum atomic E-state index is -0.299. The smallest absolute Gasteiger partial charge is 0.184 e. The number of carbonyl (C=O) groups is 1. The fourth-order valence-corrected chi connectivity index (χ4v) is 3.41. The van der Waals surface area contributed by atoms with Crippen LogP contribution in [0.5, 0.6) is 0 Å². The number of Topliss-reactive ketones (excluding diaryl/α,β-unsaturated/α-hetero) is 1. The summed E-state index contributed by atoms with van der Waals surface area (Å²) in [4.78, 5) is 18.6. The van der Waals surface area contributed by atoms with Gasteiger partial charge >= 0.3 is 0 Å². The first-order valence-corrected chi connectivity index (χ1v) is 8.39. The molecule has 3 rings (SSSR count). The number of hydrogen-bond acceptors (Lipinski definition) is 2. The van der Waals surface area contributed by atoms with Crippen molar-refractivity contribution in [3.63, 3.8) is 0 Å². The van der Waals surface area contributed by atoms with E-state index < -0.39 is 0 Å². The Labute approximate surface area is 143 Å². The minimum absolute atomic E-state index is 0.140. The summed E-state index contributed by atoms with van der Waals surface area (Å²) in [5.41, 5.74) is 5.26. The van der Waals surface area contributed by atoms with Crippen LogP contribution in [0, 0.1) is 6.92 Å². The zero-order valence-corrected chi connectivity index (χ0v) is 14.8. The van der Waals surface area contributed by atoms with Crippen LogP contribution < -0.4 is 0 Å². The van der Waals surface area contributed by atoms with Gasteiger partial charge in [-0.05, 0) is 38.6 Å². The fraction of sp³-hybridized carbons (Fsp3) is 0.286. The molecule has 0 saturated heterocycles. The van der Waals surface area contributed by atoms with Crippen LogP contribution in [-0.4, -0.2) is 29.8 Å². The zero-order valence-electron chi connectivity index (χ0n) is 14.8. The van der Waals surface area contributed by atoms with Crippen molar-refractivity contribution < 1.29 is 4.79 Å². The summed E-state index contributed by atoms with van der Waals surface area (Å²) in [5, 5.41) is 1.13. The maximum atomic E-state index is 13.2. The molecule has 0 aliphatic carbocycles. The van der Waals surface area contributed by atoms with Gasteiger partial charge in [0.25, 0.3) is 0 Å². The molecule has 124 valence electrons. The van der Waals surface area contributed by atoms with Gasteiger partial charge in [0.05, 0.1) is 0 Å². The van der Waals surface area contributed by atoms with Gasteiger partial charge in [-0.1, -0.05) is 49.4 Å². The van der Waals surface area contributed by atoms with E-state index in [0.717, 1.165) is 34.0 Å². The Bertz CT molecular complexity index is 876. The average Bonchev–Trinajstić information content (AvgIpc) is 2.99. The molecule has 3 aromatic rings. The number of likely N-dealkylation sites (N-methyl/N-ethyl adjacent to an activating group) is 1. The number of ketones is 1. The highest BCUT2D eigenvalue weighted by atomic mass is 16.1. The molecule has 1 aromatic heterocycles. The molecule has 0 aliphatic heterocycles. The molecular weight excluding hydrogens is 296 g/mol. The van der Waals surface area contributed by atoms with Gasteiger partial charge in [0.15, 0.2) is 5.78 Å². The van der Waals surface area contributed by atoms with Gasteiger partial charge < -0.3 is 4.98 Å². The molecule has 3 heteroatoms. The Morgan fingerprint density at radius 2 is 1.88 bits per heavy atom. The molecule has 3 nitrogen and oxygen atoms in total. The predicted octanol–water partition coefficient (Wildman–Crippen LogP) is 4.52. The van der Waals surface area contributed by atoms with E-state index in [0.29, 0.717) is 0 Å². The normalized spacial score (nSPS) is 12.7. The van der Waals surface area contributed by atoms with Crippen molar-refractivity contribution in [2.24, 2.45) is 0 Å². The van der Waals surface area contributed by atoms with Crippen molar-refractivity contribution in [2.75, 3.05) is 14.1 Å². The topological polar surface area (TPSA) is 36.1 Å². The number of nitrogens with zero attached hydrogens (tertiary/aromatic N) is 1. The maximum Gasteiger partial charge on any atom is 0.184 e. The van der Waals surface area contributed by atoms with Crippen molar-refractivity contribution in [1.29, 1.82) is 0 Å². The Morgan fingerprint density at radius 1 is 1.12 bits per heavy atom. The van der Waals surface area contributed by atoms with Gasteiger partial charge in [0.2, 0.25) is 0 Å². The Morgan fingerprint density at radius 3 is 2.54 bits per heavy atom. The molecule has 0 spiro atoms. The quantitative estimate of drug-likeness (QED) is 0.701. The lowest BCUT2D eigenvalue weighted by Gasteiger charge is -2.23. The van der Waals surface area contributed by atoms with E-state index in [1.54, 1.807) is 0 Å². The summed E-state index contributed by atoms with van der Waals surface area (Å²) in [7, 11) is 3.92. The molecule has 0 amide bonds. The Kier molecular flexibility index (Phi) is 4.54. The first-order chi connectivity index (χ1) is 11.5. The van der Waals surface area contributed by atoms with Gasteiger partial charge in [0.1, 0.15) is 6.04 Å². The number of rotatable bonds is 5. The largest absolute Gasteiger partial charge is 0.361 e. The van der Waals surface area contributed by atoms with Crippen LogP contribution in [0.2, 0.25) is 0 Å². The van der Waals surface area contributed by atoms with Gasteiger partial charge in [0, 0.05) is 28.2 Å². The van der Waals surface area contributed by atoms with Crippen LogP contribution in [-0.2, 0) is 6.42 Å². The number of carbonyl (C=O) groups excluding carboxylic acids is 1. The van der Waals surface area contributed by atoms with E-state index in [4.69, 9.17) is 0 Å². The van der Waals surface area contributed by atoms with E-state index in [9.17, 15) is 4.79 Å². The van der Waals surface area contributed by atoms with Crippen molar-refractivity contribution in [2.45, 2.75) is 26.3 Å². The second-order valence-corrected chi connectivity index (χ2v) is 6.48. The second-order valence-electron chi connectivity index (χ2n) is 6.48. The summed E-state index contributed by atoms with van der Waals surface area (Å²) < 4.78 is 0. The van der Waals surface area contributed by atoms with Gasteiger partial charge in [-0.2, -0.15) is 0 Å². The second kappa shape index (κ2) is 6.62. The number of H-pyrrole nitrogens is 1. The van der Waals surface area contributed by atoms with Crippen LogP contribution in [0.15, 0.2) is 48.7 Å². The average molecular weight is 320 g/mol. The van der Waals surface area contributed by atoms with Crippen LogP contribution in [0.4, 0.5) is 0 Å². The highest BCUT2D eigenvalue weighted by Crippen LogP contribution is 2.32. The number of aromatic amines is 1. The summed E-state index contributed by atoms with van der Waals surface area (Å²) in [6, 6.07) is 13.8. The molecule has 0 fully saturated rings. The van der Waals surface area contributed by atoms with E-state index in [1.165, 1.54) is 5.56 Å². The minimum Gasteiger partial charge on any atom is -0.361 e. The molecule has 1 unspecified atom stereocenters. The number of aromatic nitrogens is 1. The lowest BCUT2D eigenvalue weighted by Crippen LogP contribution is -2.28. The highest BCUT2D eigenvalue weighted by Gasteiger charge is 2.27. The molecule has 0 aliphatic rings. The number of aryl methyl sites for hydroxylation is 2. The predicted molar refractivity (Wildman–Crippen MR) is 99.6 cm³/mol. The van der Waals surface area contributed by atoms with Crippen molar-refractivity contribution in [3.8, 4) is 0 Å². The summed E-state index contributed by atoms with van der Waals surface area (Å²) in [6.45, 7) is 4.14. The third kappa shape index (κ3) is 2.76. The maximum absolute atomic E-state index is 13.2. The van der Waals surface area contributed by atoms with Crippen molar-refractivity contribution in [3.05, 3.63) is 70.9 Å². The number of benzene rings is 2. The molecule has 1 N–H and O–H groups in total. The SMILES string of the molecule is CCc1cccc2c(C(C(=O)c3ccccc3C)N(C)C)c[nH]c12. The molecular formula is C21H24N2O. The van der Waals surface area contributed by atoms with Gasteiger partial charge in [-0.25, -0.2) is 0 Å². The molecule has 24 heavy (non-hydrogen) atoms. The first kappa shape index (κ1) is 16.5. The van der Waals surface area contributed by atoms with Gasteiger partial charge in [-0.15, -0.1) is 0 Å². The monoisotopic (exact) mass is 320 g/mol. The van der Waals surface area contributed by atoms with Crippen LogP contribution in [0.25, 0.3) is 10.9 Å². The van der Waals surface area contributed by atoms with Crippen molar-refractivity contribution >= 4 is 16.7 Å². The first-order valence-electron chi connectivity index (χ1n) is 8.39. The van der Waals surface area contributed by atoms with Crippen molar-refractivity contribution in [1.82, 2.24) is 9.88 Å². The fourth-order valence-electron chi connectivity index (χ4n) is 3.41. The van der Waals surface area contributed by atoms with E-state index in [1.807, 2.05) is 56.4 Å². The third-order valence-corrected chi connectivity index (χ3v) is 4.68. The summed E-state index contributed by atoms with van der Waals surface area (Å²) >= 11 is 0. The van der Waals surface area contributed by atoms with E-state index in [-0.39, 0.29) is 11.8 Å². The Balaban J connectivity index is 2.13. The molecule has 0 radical (unpaired) electrons. The van der Waals surface area contributed by atoms with Gasteiger partial charge in [-0.3, -0.25) is 9.69 Å². The molecule has 1 heterocycles. The summed E-state index contributed by atoms with van der Waals surface area (Å²) in [6.07, 6.45) is 2.96. The molecule has 0 bridgehead atoms. The highest BCUT2D eigenvalue weighted by molar-refractivity contribution is 6.04. The van der Waals surface area contributed by atoms with E-state index >= 15 is 0 Å². The molecule has 1 atom stereocenters. The number of fused-ring (bicyclic) bond motifs is 1. The third-order valence-electron chi connectivity index (χ3n) is 4.68. The zero-order chi connectivity index (χ0) is 17.3. The van der Waals surface area contributed by atoms with Crippen LogP contribution in [0.1, 0.15) is 40.0 Å². The lowest BCUT2D eigenvalue weighted by molar-refractivity contribution is 0.0876. The Hall–Kier alpha value is -2.39. The van der Waals surface area contributed by atoms with E-state index in [2.05, 4.69) is 30.1 Å². The summed E-state index contributed by atoms with van der Waals surface area (Å²) in [5.74, 6) is 0.140. The number of para-hydroxylation sites is 1. The number of hydrogen-bond donors (Lipinski definition) is 1. The standard InChI is InChI=1S/C21H24N2O/c1-5-15-10-8-12-17-18(13-22-19(15)17)20(23(3)4)21(24)16-11-7-6-9-14(16)2/h6-13,20,22H,5H2,1-4H3. The van der Waals surface area contributed by atoms with Crippen LogP contribution in [0.3, 0.4) is 0 Å². The molecule has 0 saturated carbocycles. The molecule has 2 aromatic carbocycles. The lowest BCUT2D eigenvalue weighted by atomic mass is 9.93.